The average Bonchev–Trinajstić information content (AvgIpc) is 2.72. The van der Waals surface area contributed by atoms with E-state index in [1.165, 1.54) is 18.2 Å². The minimum atomic E-state index is -4.32. The van der Waals surface area contributed by atoms with Crippen molar-refractivity contribution in [2.24, 2.45) is 0 Å². The molecule has 0 fully saturated rings. The average molecular weight is 461 g/mol. The van der Waals surface area contributed by atoms with Gasteiger partial charge in [0, 0.05) is 17.3 Å². The number of aryl methyl sites for hydroxylation is 2. The fraction of sp³-hybridized carbons (Fsp3) is 0.174. The van der Waals surface area contributed by atoms with Crippen LogP contribution in [-0.2, 0) is 21.4 Å². The highest BCUT2D eigenvalue weighted by Crippen LogP contribution is 2.25. The smallest absolute Gasteiger partial charge is 0.246 e. The maximum atomic E-state index is 14.3. The summed E-state index contributed by atoms with van der Waals surface area (Å²) in [6.45, 7) is 3.01. The van der Waals surface area contributed by atoms with Gasteiger partial charge in [0.15, 0.2) is 0 Å². The van der Waals surface area contributed by atoms with E-state index in [4.69, 9.17) is 11.6 Å². The highest BCUT2D eigenvalue weighted by atomic mass is 35.5. The molecule has 8 heteroatoms. The zero-order valence-corrected chi connectivity index (χ0v) is 18.7. The summed E-state index contributed by atoms with van der Waals surface area (Å²) in [7, 11) is -4.32. The monoisotopic (exact) mass is 460 g/mol. The molecule has 3 rings (SSSR count). The Hall–Kier alpha value is -2.74. The Morgan fingerprint density at radius 3 is 2.23 bits per heavy atom. The highest BCUT2D eigenvalue weighted by molar-refractivity contribution is 7.89. The van der Waals surface area contributed by atoms with E-state index < -0.39 is 33.2 Å². The predicted molar refractivity (Wildman–Crippen MR) is 120 cm³/mol. The van der Waals surface area contributed by atoms with Crippen molar-refractivity contribution >= 4 is 33.2 Å². The van der Waals surface area contributed by atoms with Crippen molar-refractivity contribution < 1.29 is 17.6 Å². The highest BCUT2D eigenvalue weighted by Gasteiger charge is 2.30. The van der Waals surface area contributed by atoms with E-state index in [1.54, 1.807) is 24.3 Å². The lowest BCUT2D eigenvalue weighted by Gasteiger charge is -2.23. The molecule has 0 saturated heterocycles. The number of carbonyl (C=O) groups excluding carboxylic acids is 1. The molecule has 0 aliphatic carbocycles. The third-order valence-corrected chi connectivity index (χ3v) is 7.02. The summed E-state index contributed by atoms with van der Waals surface area (Å²) in [5, 5.41) is 3.13. The van der Waals surface area contributed by atoms with Gasteiger partial charge in [-0.3, -0.25) is 4.79 Å². The van der Waals surface area contributed by atoms with Gasteiger partial charge in [-0.1, -0.05) is 60.1 Å². The summed E-state index contributed by atoms with van der Waals surface area (Å²) >= 11 is 6.21. The maximum Gasteiger partial charge on any atom is 0.246 e. The number of hydrogen-bond donors (Lipinski definition) is 1. The van der Waals surface area contributed by atoms with Crippen molar-refractivity contribution in [1.29, 1.82) is 0 Å². The molecule has 3 aromatic rings. The molecule has 31 heavy (non-hydrogen) atoms. The lowest BCUT2D eigenvalue weighted by atomic mass is 10.1. The fourth-order valence-corrected chi connectivity index (χ4v) is 4.82. The molecule has 162 valence electrons. The number of nitrogens with zero attached hydrogens (tertiary/aromatic N) is 1. The summed E-state index contributed by atoms with van der Waals surface area (Å²) in [5.41, 5.74) is 2.82. The number of halogens is 2. The van der Waals surface area contributed by atoms with Crippen LogP contribution in [0.25, 0.3) is 0 Å². The van der Waals surface area contributed by atoms with Gasteiger partial charge in [-0.15, -0.1) is 0 Å². The number of para-hydroxylation sites is 1. The first-order chi connectivity index (χ1) is 14.7. The van der Waals surface area contributed by atoms with E-state index in [9.17, 15) is 17.6 Å². The molecular formula is C23H22ClFN2O3S. The Bertz CT molecular complexity index is 1190. The number of hydrogen-bond acceptors (Lipinski definition) is 3. The predicted octanol–water partition coefficient (Wildman–Crippen LogP) is 4.93. The van der Waals surface area contributed by atoms with Gasteiger partial charge in [-0.2, -0.15) is 4.31 Å². The van der Waals surface area contributed by atoms with Gasteiger partial charge in [0.2, 0.25) is 15.9 Å². The third-order valence-electron chi connectivity index (χ3n) is 4.82. The van der Waals surface area contributed by atoms with Crippen LogP contribution in [0.15, 0.2) is 71.6 Å². The molecule has 1 N–H and O–H groups in total. The molecule has 1 amide bonds. The number of amides is 1. The fourth-order valence-electron chi connectivity index (χ4n) is 3.19. The van der Waals surface area contributed by atoms with Crippen LogP contribution in [0.1, 0.15) is 16.7 Å². The molecule has 0 saturated carbocycles. The van der Waals surface area contributed by atoms with Gasteiger partial charge in [0.05, 0.1) is 6.54 Å². The Morgan fingerprint density at radius 1 is 0.968 bits per heavy atom. The van der Waals surface area contributed by atoms with Gasteiger partial charge in [0.1, 0.15) is 10.7 Å². The van der Waals surface area contributed by atoms with Gasteiger partial charge < -0.3 is 5.32 Å². The van der Waals surface area contributed by atoms with Crippen LogP contribution in [0.2, 0.25) is 5.02 Å². The molecular weight excluding hydrogens is 439 g/mol. The molecule has 0 radical (unpaired) electrons. The SMILES string of the molecule is Cc1cccc(C)c1NC(=O)CN(Cc1ccccc1Cl)S(=O)(=O)c1ccccc1F. The Labute approximate surface area is 186 Å². The first-order valence-electron chi connectivity index (χ1n) is 9.54. The molecule has 0 spiro atoms. The van der Waals surface area contributed by atoms with Gasteiger partial charge >= 0.3 is 0 Å². The molecule has 5 nitrogen and oxygen atoms in total. The molecule has 0 aliphatic rings. The van der Waals surface area contributed by atoms with Crippen molar-refractivity contribution in [2.75, 3.05) is 11.9 Å². The lowest BCUT2D eigenvalue weighted by molar-refractivity contribution is -0.116. The van der Waals surface area contributed by atoms with E-state index in [0.29, 0.717) is 16.3 Å². The Morgan fingerprint density at radius 2 is 1.58 bits per heavy atom. The summed E-state index contributed by atoms with van der Waals surface area (Å²) < 4.78 is 41.8. The topological polar surface area (TPSA) is 66.5 Å². The van der Waals surface area contributed by atoms with Gasteiger partial charge in [0.25, 0.3) is 0 Å². The third kappa shape index (κ3) is 5.31. The van der Waals surface area contributed by atoms with E-state index in [2.05, 4.69) is 5.32 Å². The number of sulfonamides is 1. The van der Waals surface area contributed by atoms with Crippen molar-refractivity contribution in [3.63, 3.8) is 0 Å². The summed E-state index contributed by atoms with van der Waals surface area (Å²) in [5.74, 6) is -1.42. The second kappa shape index (κ2) is 9.60. The van der Waals surface area contributed by atoms with E-state index in [-0.39, 0.29) is 6.54 Å². The molecule has 0 heterocycles. The van der Waals surface area contributed by atoms with Crippen molar-refractivity contribution in [3.05, 3.63) is 94.3 Å². The van der Waals surface area contributed by atoms with Crippen LogP contribution in [-0.4, -0.2) is 25.2 Å². The Kier molecular flexibility index (Phi) is 7.10. The van der Waals surface area contributed by atoms with Crippen LogP contribution in [0.5, 0.6) is 0 Å². The number of carbonyl (C=O) groups is 1. The summed E-state index contributed by atoms with van der Waals surface area (Å²) in [6, 6.07) is 17.4. The largest absolute Gasteiger partial charge is 0.324 e. The quantitative estimate of drug-likeness (QED) is 0.544. The second-order valence-corrected chi connectivity index (χ2v) is 9.42. The van der Waals surface area contributed by atoms with Crippen molar-refractivity contribution in [1.82, 2.24) is 4.31 Å². The maximum absolute atomic E-state index is 14.3. The standard InChI is InChI=1S/C23H22ClFN2O3S/c1-16-8-7-9-17(2)23(16)26-22(28)15-27(14-18-10-3-4-11-19(18)24)31(29,30)21-13-6-5-12-20(21)25/h3-13H,14-15H2,1-2H3,(H,26,28). The molecule has 0 bridgehead atoms. The number of nitrogens with one attached hydrogen (secondary N) is 1. The van der Waals surface area contributed by atoms with Crippen molar-refractivity contribution in [3.8, 4) is 0 Å². The molecule has 0 aromatic heterocycles. The second-order valence-electron chi connectivity index (χ2n) is 7.11. The van der Waals surface area contributed by atoms with E-state index in [1.807, 2.05) is 32.0 Å². The zero-order chi connectivity index (χ0) is 22.6. The first kappa shape index (κ1) is 22.9. The first-order valence-corrected chi connectivity index (χ1v) is 11.4. The van der Waals surface area contributed by atoms with Crippen LogP contribution >= 0.6 is 11.6 Å². The molecule has 0 aliphatic heterocycles. The van der Waals surface area contributed by atoms with Crippen LogP contribution < -0.4 is 5.32 Å². The minimum absolute atomic E-state index is 0.184. The number of benzene rings is 3. The lowest BCUT2D eigenvalue weighted by Crippen LogP contribution is -2.38. The van der Waals surface area contributed by atoms with Gasteiger partial charge in [-0.25, -0.2) is 12.8 Å². The zero-order valence-electron chi connectivity index (χ0n) is 17.1. The minimum Gasteiger partial charge on any atom is -0.324 e. The van der Waals surface area contributed by atoms with Crippen molar-refractivity contribution in [2.45, 2.75) is 25.3 Å². The van der Waals surface area contributed by atoms with Gasteiger partial charge in [-0.05, 0) is 48.7 Å². The molecule has 0 unspecified atom stereocenters. The summed E-state index contributed by atoms with van der Waals surface area (Å²) in [4.78, 5) is 12.3. The number of rotatable bonds is 7. The van der Waals surface area contributed by atoms with Crippen LogP contribution in [0.4, 0.5) is 10.1 Å². The molecule has 0 atom stereocenters. The molecule has 3 aromatic carbocycles. The van der Waals surface area contributed by atoms with Crippen LogP contribution in [0.3, 0.4) is 0 Å². The van der Waals surface area contributed by atoms with Crippen LogP contribution in [0, 0.1) is 19.7 Å². The Balaban J connectivity index is 1.95. The van der Waals surface area contributed by atoms with E-state index >= 15 is 0 Å². The number of anilines is 1. The summed E-state index contributed by atoms with van der Waals surface area (Å²) in [6.07, 6.45) is 0. The normalized spacial score (nSPS) is 11.5. The van der Waals surface area contributed by atoms with E-state index in [0.717, 1.165) is 21.5 Å².